The topological polar surface area (TPSA) is 55.1 Å². The van der Waals surface area contributed by atoms with E-state index in [0.717, 1.165) is 44.9 Å². The van der Waals surface area contributed by atoms with E-state index in [0.29, 0.717) is 0 Å². The number of fused-ring (bicyclic) bond motifs is 1. The molecule has 1 atom stereocenters. The first-order valence-corrected chi connectivity index (χ1v) is 7.87. The smallest absolute Gasteiger partial charge is 0.240 e. The van der Waals surface area contributed by atoms with Gasteiger partial charge in [0, 0.05) is 0 Å². The molecule has 1 saturated carbocycles. The van der Waals surface area contributed by atoms with Gasteiger partial charge in [0.05, 0.1) is 11.6 Å². The summed E-state index contributed by atoms with van der Waals surface area (Å²) in [7, 11) is 0. The zero-order chi connectivity index (χ0) is 14.0. The van der Waals surface area contributed by atoms with Gasteiger partial charge in [-0.3, -0.25) is 4.79 Å². The Kier molecular flexibility index (Phi) is 5.28. The summed E-state index contributed by atoms with van der Waals surface area (Å²) in [5, 5.41) is 3.22. The predicted octanol–water partition coefficient (Wildman–Crippen LogP) is 3.26. The number of hydrogen-bond acceptors (Lipinski definition) is 2. The third-order valence-electron chi connectivity index (χ3n) is 4.87. The van der Waals surface area contributed by atoms with Gasteiger partial charge in [-0.1, -0.05) is 43.5 Å². The Labute approximate surface area is 133 Å². The van der Waals surface area contributed by atoms with Crippen LogP contribution < -0.4 is 11.1 Å². The molecule has 1 aromatic rings. The molecule has 0 aliphatic heterocycles. The third kappa shape index (κ3) is 3.41. The van der Waals surface area contributed by atoms with Crippen molar-refractivity contribution in [3.63, 3.8) is 0 Å². The lowest BCUT2D eigenvalue weighted by molar-refractivity contribution is -0.128. The molecule has 0 heterocycles. The summed E-state index contributed by atoms with van der Waals surface area (Å²) in [5.74, 6) is 0.0545. The molecule has 0 bridgehead atoms. The van der Waals surface area contributed by atoms with Crippen molar-refractivity contribution in [2.75, 3.05) is 0 Å². The molecule has 4 heteroatoms. The van der Waals surface area contributed by atoms with Crippen molar-refractivity contribution in [3.05, 3.63) is 35.4 Å². The highest BCUT2D eigenvalue weighted by Crippen LogP contribution is 2.31. The Morgan fingerprint density at radius 2 is 1.86 bits per heavy atom. The molecule has 116 valence electrons. The van der Waals surface area contributed by atoms with Gasteiger partial charge in [-0.2, -0.15) is 0 Å². The normalized spacial score (nSPS) is 23.6. The van der Waals surface area contributed by atoms with E-state index >= 15 is 0 Å². The maximum atomic E-state index is 12.6. The molecule has 0 aromatic heterocycles. The van der Waals surface area contributed by atoms with Gasteiger partial charge < -0.3 is 11.1 Å². The minimum absolute atomic E-state index is 0. The molecule has 0 radical (unpaired) electrons. The molecule has 3 rings (SSSR count). The number of nitrogens with two attached hydrogens (primary N) is 1. The van der Waals surface area contributed by atoms with E-state index in [2.05, 4.69) is 29.6 Å². The first-order valence-electron chi connectivity index (χ1n) is 7.87. The molecular formula is C17H25ClN2O. The second kappa shape index (κ2) is 6.80. The molecule has 3 N–H and O–H groups in total. The van der Waals surface area contributed by atoms with Gasteiger partial charge in [-0.25, -0.2) is 0 Å². The monoisotopic (exact) mass is 308 g/mol. The average molecular weight is 309 g/mol. The molecule has 2 aliphatic carbocycles. The van der Waals surface area contributed by atoms with Gasteiger partial charge in [0.2, 0.25) is 5.91 Å². The van der Waals surface area contributed by atoms with Crippen LogP contribution in [0.1, 0.15) is 62.1 Å². The second-order valence-corrected chi connectivity index (χ2v) is 6.33. The summed E-state index contributed by atoms with van der Waals surface area (Å²) in [4.78, 5) is 12.6. The van der Waals surface area contributed by atoms with E-state index < -0.39 is 5.54 Å². The van der Waals surface area contributed by atoms with Crippen molar-refractivity contribution < 1.29 is 4.79 Å². The standard InChI is InChI=1S/C17H24N2O.ClH/c18-17(11-4-1-5-12-17)16(20)19-15-10-6-8-13-7-2-3-9-14(13)15;/h2-3,7,9,15H,1,4-6,8,10-12,18H2,(H,19,20);1H. The number of rotatable bonds is 2. The lowest BCUT2D eigenvalue weighted by Gasteiger charge is -2.35. The molecule has 2 aliphatic rings. The Hall–Kier alpha value is -1.06. The van der Waals surface area contributed by atoms with Crippen LogP contribution in [0.15, 0.2) is 24.3 Å². The number of amides is 1. The van der Waals surface area contributed by atoms with E-state index in [4.69, 9.17) is 5.73 Å². The van der Waals surface area contributed by atoms with E-state index in [-0.39, 0.29) is 24.4 Å². The van der Waals surface area contributed by atoms with Crippen LogP contribution in [0.3, 0.4) is 0 Å². The number of benzene rings is 1. The Morgan fingerprint density at radius 3 is 2.62 bits per heavy atom. The fraction of sp³-hybridized carbons (Fsp3) is 0.588. The van der Waals surface area contributed by atoms with Gasteiger partial charge in [0.1, 0.15) is 0 Å². The number of carbonyl (C=O) groups is 1. The molecule has 21 heavy (non-hydrogen) atoms. The highest BCUT2D eigenvalue weighted by atomic mass is 35.5. The minimum atomic E-state index is -0.634. The van der Waals surface area contributed by atoms with Crippen molar-refractivity contribution in [3.8, 4) is 0 Å². The average Bonchev–Trinajstić information content (AvgIpc) is 2.48. The van der Waals surface area contributed by atoms with Crippen LogP contribution in [0.25, 0.3) is 0 Å². The molecule has 0 spiro atoms. The van der Waals surface area contributed by atoms with Crippen LogP contribution in [0.4, 0.5) is 0 Å². The summed E-state index contributed by atoms with van der Waals surface area (Å²) in [6.07, 6.45) is 8.30. The Morgan fingerprint density at radius 1 is 1.14 bits per heavy atom. The molecule has 1 aromatic carbocycles. The molecule has 1 fully saturated rings. The highest BCUT2D eigenvalue weighted by Gasteiger charge is 2.36. The SMILES string of the molecule is Cl.NC1(C(=O)NC2CCCc3ccccc32)CCCCC1. The molecule has 1 unspecified atom stereocenters. The first kappa shape index (κ1) is 16.3. The fourth-order valence-electron chi connectivity index (χ4n) is 3.62. The number of carbonyl (C=O) groups excluding carboxylic acids is 1. The number of halogens is 1. The van der Waals surface area contributed by atoms with Gasteiger partial charge >= 0.3 is 0 Å². The highest BCUT2D eigenvalue weighted by molar-refractivity contribution is 5.86. The summed E-state index contributed by atoms with van der Waals surface area (Å²) in [6, 6.07) is 8.60. The van der Waals surface area contributed by atoms with E-state index in [1.54, 1.807) is 0 Å². The summed E-state index contributed by atoms with van der Waals surface area (Å²) in [6.45, 7) is 0. The quantitative estimate of drug-likeness (QED) is 0.881. The lowest BCUT2D eigenvalue weighted by atomic mass is 9.81. The first-order chi connectivity index (χ1) is 9.69. The summed E-state index contributed by atoms with van der Waals surface area (Å²) < 4.78 is 0. The van der Waals surface area contributed by atoms with Crippen molar-refractivity contribution in [1.29, 1.82) is 0 Å². The van der Waals surface area contributed by atoms with Crippen LogP contribution in [0.5, 0.6) is 0 Å². The third-order valence-corrected chi connectivity index (χ3v) is 4.87. The number of hydrogen-bond donors (Lipinski definition) is 2. The van der Waals surface area contributed by atoms with Crippen LogP contribution >= 0.6 is 12.4 Å². The van der Waals surface area contributed by atoms with Crippen molar-refractivity contribution >= 4 is 18.3 Å². The van der Waals surface area contributed by atoms with Gasteiger partial charge in [-0.05, 0) is 43.2 Å². The molecule has 3 nitrogen and oxygen atoms in total. The van der Waals surface area contributed by atoms with Gasteiger partial charge in [0.25, 0.3) is 0 Å². The molecule has 1 amide bonds. The predicted molar refractivity (Wildman–Crippen MR) is 87.5 cm³/mol. The van der Waals surface area contributed by atoms with Crippen LogP contribution in [-0.2, 0) is 11.2 Å². The second-order valence-electron chi connectivity index (χ2n) is 6.33. The van der Waals surface area contributed by atoms with Gasteiger partial charge in [-0.15, -0.1) is 12.4 Å². The van der Waals surface area contributed by atoms with E-state index in [9.17, 15) is 4.79 Å². The Bertz CT molecular complexity index is 497. The van der Waals surface area contributed by atoms with Crippen molar-refractivity contribution in [2.45, 2.75) is 62.9 Å². The van der Waals surface area contributed by atoms with Gasteiger partial charge in [0.15, 0.2) is 0 Å². The van der Waals surface area contributed by atoms with Crippen LogP contribution in [0, 0.1) is 0 Å². The lowest BCUT2D eigenvalue weighted by Crippen LogP contribution is -2.55. The molecular weight excluding hydrogens is 284 g/mol. The maximum Gasteiger partial charge on any atom is 0.240 e. The van der Waals surface area contributed by atoms with Crippen molar-refractivity contribution in [1.82, 2.24) is 5.32 Å². The van der Waals surface area contributed by atoms with Crippen LogP contribution in [0.2, 0.25) is 0 Å². The summed E-state index contributed by atoms with van der Waals surface area (Å²) >= 11 is 0. The molecule has 0 saturated heterocycles. The van der Waals surface area contributed by atoms with Crippen molar-refractivity contribution in [2.24, 2.45) is 5.73 Å². The summed E-state index contributed by atoms with van der Waals surface area (Å²) in [5.41, 5.74) is 8.35. The fourth-order valence-corrected chi connectivity index (χ4v) is 3.62. The minimum Gasteiger partial charge on any atom is -0.348 e. The number of aryl methyl sites for hydroxylation is 1. The Balaban J connectivity index is 0.00000161. The van der Waals surface area contributed by atoms with Crippen LogP contribution in [-0.4, -0.2) is 11.4 Å². The van der Waals surface area contributed by atoms with E-state index in [1.165, 1.54) is 17.5 Å². The number of nitrogens with one attached hydrogen (secondary N) is 1. The largest absolute Gasteiger partial charge is 0.348 e. The zero-order valence-electron chi connectivity index (χ0n) is 12.4. The zero-order valence-corrected chi connectivity index (χ0v) is 13.3. The maximum absolute atomic E-state index is 12.6. The van der Waals surface area contributed by atoms with E-state index in [1.807, 2.05) is 0 Å².